The molecule has 90 valence electrons. The molecule has 2 heteroatoms. The molecule has 2 aromatic rings. The number of fused-ring (bicyclic) bond motifs is 1. The van der Waals surface area contributed by atoms with Gasteiger partial charge in [0.2, 0.25) is 0 Å². The lowest BCUT2D eigenvalue weighted by Crippen LogP contribution is -2.36. The van der Waals surface area contributed by atoms with Gasteiger partial charge < -0.3 is 4.74 Å². The van der Waals surface area contributed by atoms with E-state index < -0.39 is 0 Å². The molecule has 2 nitrogen and oxygen atoms in total. The highest BCUT2D eigenvalue weighted by Gasteiger charge is 2.17. The molecule has 0 saturated heterocycles. The van der Waals surface area contributed by atoms with E-state index in [0.29, 0.717) is 6.04 Å². The van der Waals surface area contributed by atoms with Crippen molar-refractivity contribution in [2.75, 3.05) is 0 Å². The lowest BCUT2D eigenvalue weighted by Gasteiger charge is -2.12. The van der Waals surface area contributed by atoms with Crippen molar-refractivity contribution in [3.05, 3.63) is 36.5 Å². The molecule has 0 atom stereocenters. The van der Waals surface area contributed by atoms with Gasteiger partial charge in [-0.2, -0.15) is 4.57 Å². The summed E-state index contributed by atoms with van der Waals surface area (Å²) in [6.07, 6.45) is 2.31. The molecular formula is C15H20NO+. The summed E-state index contributed by atoms with van der Waals surface area (Å²) in [6, 6.07) is 10.9. The van der Waals surface area contributed by atoms with E-state index in [-0.39, 0.29) is 6.10 Å². The summed E-state index contributed by atoms with van der Waals surface area (Å²) in [4.78, 5) is 0. The second kappa shape index (κ2) is 4.74. The van der Waals surface area contributed by atoms with Gasteiger partial charge in [-0.3, -0.25) is 0 Å². The van der Waals surface area contributed by atoms with E-state index in [0.717, 1.165) is 5.75 Å². The largest absolute Gasteiger partial charge is 0.484 e. The minimum Gasteiger partial charge on any atom is -0.484 e. The number of rotatable bonds is 3. The molecule has 0 unspecified atom stereocenters. The van der Waals surface area contributed by atoms with E-state index in [1.807, 2.05) is 12.1 Å². The summed E-state index contributed by atoms with van der Waals surface area (Å²) in [7, 11) is 0. The average Bonchev–Trinajstić information content (AvgIpc) is 2.27. The van der Waals surface area contributed by atoms with Gasteiger partial charge >= 0.3 is 0 Å². The molecule has 0 radical (unpaired) electrons. The molecule has 0 aliphatic heterocycles. The number of nitrogens with zero attached hydrogens (tertiary/aromatic N) is 1. The van der Waals surface area contributed by atoms with Crippen LogP contribution in [0.25, 0.3) is 10.9 Å². The van der Waals surface area contributed by atoms with Crippen LogP contribution < -0.4 is 9.30 Å². The summed E-state index contributed by atoms with van der Waals surface area (Å²) in [5.74, 6) is 0.965. The lowest BCUT2D eigenvalue weighted by atomic mass is 10.2. The third-order valence-electron chi connectivity index (χ3n) is 2.73. The van der Waals surface area contributed by atoms with Crippen molar-refractivity contribution in [2.24, 2.45) is 0 Å². The molecule has 0 aliphatic rings. The van der Waals surface area contributed by atoms with Gasteiger partial charge in [-0.1, -0.05) is 6.07 Å². The van der Waals surface area contributed by atoms with Crippen LogP contribution in [0.3, 0.4) is 0 Å². The fourth-order valence-electron chi connectivity index (χ4n) is 2.04. The minimum absolute atomic E-state index is 0.196. The third kappa shape index (κ3) is 2.41. The van der Waals surface area contributed by atoms with Gasteiger partial charge in [0.1, 0.15) is 0 Å². The van der Waals surface area contributed by atoms with Crippen LogP contribution in [-0.2, 0) is 0 Å². The minimum atomic E-state index is 0.196. The highest BCUT2D eigenvalue weighted by atomic mass is 16.5. The van der Waals surface area contributed by atoms with E-state index >= 15 is 0 Å². The number of aromatic nitrogens is 1. The topological polar surface area (TPSA) is 13.1 Å². The van der Waals surface area contributed by atoms with Gasteiger partial charge in [-0.15, -0.1) is 0 Å². The smallest absolute Gasteiger partial charge is 0.255 e. The van der Waals surface area contributed by atoms with Crippen molar-refractivity contribution in [1.29, 1.82) is 0 Å². The van der Waals surface area contributed by atoms with Crippen molar-refractivity contribution < 1.29 is 9.30 Å². The molecule has 0 bridgehead atoms. The van der Waals surface area contributed by atoms with Crippen LogP contribution in [0.2, 0.25) is 0 Å². The zero-order valence-corrected chi connectivity index (χ0v) is 11.0. The Labute approximate surface area is 103 Å². The van der Waals surface area contributed by atoms with Crippen LogP contribution >= 0.6 is 0 Å². The predicted molar refractivity (Wildman–Crippen MR) is 70.3 cm³/mol. The molecule has 1 aromatic carbocycles. The van der Waals surface area contributed by atoms with E-state index in [9.17, 15) is 0 Å². The van der Waals surface area contributed by atoms with Crippen LogP contribution in [0.5, 0.6) is 5.75 Å². The van der Waals surface area contributed by atoms with Crippen molar-refractivity contribution in [3.63, 3.8) is 0 Å². The second-order valence-electron chi connectivity index (χ2n) is 4.87. The van der Waals surface area contributed by atoms with Crippen LogP contribution in [0, 0.1) is 0 Å². The number of ether oxygens (including phenoxy) is 1. The monoisotopic (exact) mass is 230 g/mol. The van der Waals surface area contributed by atoms with Crippen LogP contribution in [0.15, 0.2) is 36.5 Å². The summed E-state index contributed by atoms with van der Waals surface area (Å²) in [5, 5.41) is 1.22. The highest BCUT2D eigenvalue weighted by Crippen LogP contribution is 2.24. The van der Waals surface area contributed by atoms with Crippen LogP contribution in [-0.4, -0.2) is 6.10 Å². The van der Waals surface area contributed by atoms with Crippen LogP contribution in [0.1, 0.15) is 33.7 Å². The normalized spacial score (nSPS) is 11.4. The molecule has 2 rings (SSSR count). The van der Waals surface area contributed by atoms with Crippen LogP contribution in [0.4, 0.5) is 0 Å². The van der Waals surface area contributed by atoms with Crippen molar-refractivity contribution >= 4 is 10.9 Å². The van der Waals surface area contributed by atoms with Gasteiger partial charge in [0.15, 0.2) is 18.0 Å². The molecule has 17 heavy (non-hydrogen) atoms. The number of benzene rings is 1. The number of hydrogen-bond acceptors (Lipinski definition) is 1. The zero-order valence-electron chi connectivity index (χ0n) is 11.0. The first kappa shape index (κ1) is 11.9. The maximum atomic E-state index is 5.90. The summed E-state index contributed by atoms with van der Waals surface area (Å²) >= 11 is 0. The van der Waals surface area contributed by atoms with E-state index in [2.05, 4.69) is 56.7 Å². The average molecular weight is 230 g/mol. The molecule has 0 saturated carbocycles. The maximum Gasteiger partial charge on any atom is 0.255 e. The highest BCUT2D eigenvalue weighted by molar-refractivity contribution is 5.81. The van der Waals surface area contributed by atoms with Gasteiger partial charge in [0, 0.05) is 6.07 Å². The summed E-state index contributed by atoms with van der Waals surface area (Å²) in [6.45, 7) is 8.49. The molecule has 0 amide bonds. The van der Waals surface area contributed by atoms with Gasteiger partial charge in [-0.05, 0) is 45.9 Å². The fourth-order valence-corrected chi connectivity index (χ4v) is 2.04. The zero-order chi connectivity index (χ0) is 12.4. The Hall–Kier alpha value is -1.57. The number of para-hydroxylation sites is 1. The molecule has 1 aromatic heterocycles. The molecule has 0 fully saturated rings. The Morgan fingerprint density at radius 1 is 1.00 bits per heavy atom. The Bertz CT molecular complexity index is 512. The Morgan fingerprint density at radius 3 is 2.35 bits per heavy atom. The molecule has 0 aliphatic carbocycles. The first-order valence-corrected chi connectivity index (χ1v) is 6.19. The maximum absolute atomic E-state index is 5.90. The Morgan fingerprint density at radius 2 is 1.71 bits per heavy atom. The fraction of sp³-hybridized carbons (Fsp3) is 0.400. The predicted octanol–water partition coefficient (Wildman–Crippen LogP) is 3.50. The van der Waals surface area contributed by atoms with E-state index in [1.165, 1.54) is 10.9 Å². The lowest BCUT2D eigenvalue weighted by molar-refractivity contribution is -0.691. The first-order valence-electron chi connectivity index (χ1n) is 6.19. The molecule has 0 N–H and O–H groups in total. The summed E-state index contributed by atoms with van der Waals surface area (Å²) < 4.78 is 8.15. The molecule has 0 spiro atoms. The quantitative estimate of drug-likeness (QED) is 0.736. The first-order chi connectivity index (χ1) is 8.09. The van der Waals surface area contributed by atoms with Crippen molar-refractivity contribution in [3.8, 4) is 5.75 Å². The second-order valence-corrected chi connectivity index (χ2v) is 4.87. The number of pyridine rings is 1. The van der Waals surface area contributed by atoms with E-state index in [4.69, 9.17) is 4.74 Å². The molecular weight excluding hydrogens is 210 g/mol. The van der Waals surface area contributed by atoms with Gasteiger partial charge in [0.05, 0.1) is 11.5 Å². The SMILES string of the molecule is CC(C)Oc1cccc2ccc[n+](C(C)C)c12. The Balaban J connectivity index is 2.67. The molecule has 1 heterocycles. The van der Waals surface area contributed by atoms with Gasteiger partial charge in [0.25, 0.3) is 5.52 Å². The van der Waals surface area contributed by atoms with Crippen molar-refractivity contribution in [2.45, 2.75) is 39.8 Å². The standard InChI is InChI=1S/C15H20NO/c1-11(2)16-10-6-8-13-7-5-9-14(15(13)16)17-12(3)4/h5-12H,1-4H3/q+1. The van der Waals surface area contributed by atoms with Gasteiger partial charge in [-0.25, -0.2) is 0 Å². The summed E-state index contributed by atoms with van der Waals surface area (Å²) in [5.41, 5.74) is 1.18. The Kier molecular flexibility index (Phi) is 3.32. The van der Waals surface area contributed by atoms with Crippen molar-refractivity contribution in [1.82, 2.24) is 0 Å². The third-order valence-corrected chi connectivity index (χ3v) is 2.73. The number of hydrogen-bond donors (Lipinski definition) is 0. The van der Waals surface area contributed by atoms with E-state index in [1.54, 1.807) is 0 Å².